The summed E-state index contributed by atoms with van der Waals surface area (Å²) < 4.78 is 11.6. The lowest BCUT2D eigenvalue weighted by atomic mass is 9.95. The Labute approximate surface area is 183 Å². The minimum absolute atomic E-state index is 0.0488. The fourth-order valence-electron chi connectivity index (χ4n) is 3.50. The van der Waals surface area contributed by atoms with E-state index in [2.05, 4.69) is 15.9 Å². The largest absolute Gasteiger partial charge is 0.497 e. The van der Waals surface area contributed by atoms with E-state index in [9.17, 15) is 9.59 Å². The number of carbonyl (C=O) groups excluding carboxylic acids is 2. The van der Waals surface area contributed by atoms with Gasteiger partial charge in [-0.25, -0.2) is 0 Å². The molecule has 0 saturated carbocycles. The minimum atomic E-state index is -0.0649. The highest BCUT2D eigenvalue weighted by molar-refractivity contribution is 9.11. The number of rotatable bonds is 6. The molecule has 1 aliphatic heterocycles. The van der Waals surface area contributed by atoms with E-state index < -0.39 is 0 Å². The smallest absolute Gasteiger partial charge is 0.254 e. The van der Waals surface area contributed by atoms with E-state index >= 15 is 0 Å². The Bertz CT molecular complexity index is 855. The van der Waals surface area contributed by atoms with Gasteiger partial charge in [0.1, 0.15) is 11.5 Å². The molecule has 1 aliphatic rings. The van der Waals surface area contributed by atoms with Crippen LogP contribution in [0.1, 0.15) is 28.1 Å². The number of hydrogen-bond donors (Lipinski definition) is 0. The lowest BCUT2D eigenvalue weighted by Gasteiger charge is -2.33. The van der Waals surface area contributed by atoms with Crippen molar-refractivity contribution in [2.45, 2.75) is 19.4 Å². The normalized spacial score (nSPS) is 14.6. The average Bonchev–Trinajstić information content (AvgIpc) is 3.16. The van der Waals surface area contributed by atoms with Crippen LogP contribution < -0.4 is 9.47 Å². The third-order valence-corrected chi connectivity index (χ3v) is 6.74. The molecule has 2 heterocycles. The van der Waals surface area contributed by atoms with Gasteiger partial charge in [0.05, 0.1) is 24.6 Å². The quantitative estimate of drug-likeness (QED) is 0.625. The van der Waals surface area contributed by atoms with Crippen LogP contribution in [0, 0.1) is 5.92 Å². The Morgan fingerprint density at radius 1 is 1.14 bits per heavy atom. The van der Waals surface area contributed by atoms with E-state index in [1.165, 1.54) is 0 Å². The third kappa shape index (κ3) is 5.30. The summed E-state index contributed by atoms with van der Waals surface area (Å²) in [5.74, 6) is 1.20. The van der Waals surface area contributed by atoms with E-state index in [1.54, 1.807) is 53.6 Å². The Kier molecular flexibility index (Phi) is 7.18. The number of halogens is 1. The number of carbonyl (C=O) groups is 2. The van der Waals surface area contributed by atoms with Gasteiger partial charge in [0.15, 0.2) is 0 Å². The molecule has 0 unspecified atom stereocenters. The van der Waals surface area contributed by atoms with Crippen molar-refractivity contribution in [1.29, 1.82) is 0 Å². The predicted molar refractivity (Wildman–Crippen MR) is 117 cm³/mol. The zero-order valence-corrected chi connectivity index (χ0v) is 19.2. The van der Waals surface area contributed by atoms with Crippen molar-refractivity contribution in [2.24, 2.45) is 5.92 Å². The number of nitrogens with zero attached hydrogens (tertiary/aromatic N) is 2. The van der Waals surface area contributed by atoms with Crippen LogP contribution in [0.2, 0.25) is 0 Å². The molecule has 0 N–H and O–H groups in total. The maximum Gasteiger partial charge on any atom is 0.254 e. The average molecular weight is 481 g/mol. The van der Waals surface area contributed by atoms with Crippen LogP contribution in [0.15, 0.2) is 34.1 Å². The molecular weight excluding hydrogens is 456 g/mol. The molecular formula is C21H25BrN2O4S. The summed E-state index contributed by atoms with van der Waals surface area (Å²) in [5, 5.41) is 0. The van der Waals surface area contributed by atoms with E-state index in [-0.39, 0.29) is 17.7 Å². The van der Waals surface area contributed by atoms with Crippen LogP contribution in [0.3, 0.4) is 0 Å². The molecule has 156 valence electrons. The molecule has 6 nitrogen and oxygen atoms in total. The van der Waals surface area contributed by atoms with Crippen molar-refractivity contribution in [3.63, 3.8) is 0 Å². The molecule has 0 bridgehead atoms. The monoisotopic (exact) mass is 480 g/mol. The van der Waals surface area contributed by atoms with E-state index in [0.717, 1.165) is 8.66 Å². The Balaban J connectivity index is 1.58. The molecule has 1 saturated heterocycles. The zero-order valence-electron chi connectivity index (χ0n) is 16.8. The van der Waals surface area contributed by atoms with Gasteiger partial charge in [0, 0.05) is 42.6 Å². The number of likely N-dealkylation sites (tertiary alicyclic amines) is 1. The number of ether oxygens (including phenoxy) is 2. The summed E-state index contributed by atoms with van der Waals surface area (Å²) in [6, 6.07) is 9.20. The number of hydrogen-bond acceptors (Lipinski definition) is 5. The SMILES string of the molecule is COc1cc(OC)cc(C(=O)N2CCC(C(=O)N(C)Cc3ccc(Br)s3)CC2)c1. The van der Waals surface area contributed by atoms with Crippen molar-refractivity contribution >= 4 is 39.1 Å². The summed E-state index contributed by atoms with van der Waals surface area (Å²) >= 11 is 5.09. The standard InChI is InChI=1S/C21H25BrN2O4S/c1-23(13-18-4-5-19(22)29-18)20(25)14-6-8-24(9-7-14)21(26)15-10-16(27-2)12-17(11-15)28-3/h4-5,10-12,14H,6-9,13H2,1-3H3. The number of benzene rings is 1. The number of amides is 2. The molecule has 8 heteroatoms. The van der Waals surface area contributed by atoms with E-state index in [1.807, 2.05) is 19.2 Å². The lowest BCUT2D eigenvalue weighted by Crippen LogP contribution is -2.43. The highest BCUT2D eigenvalue weighted by Gasteiger charge is 2.30. The molecule has 0 atom stereocenters. The molecule has 29 heavy (non-hydrogen) atoms. The van der Waals surface area contributed by atoms with Gasteiger partial charge in [-0.1, -0.05) is 0 Å². The van der Waals surface area contributed by atoms with Crippen molar-refractivity contribution in [3.8, 4) is 11.5 Å². The Morgan fingerprint density at radius 2 is 1.76 bits per heavy atom. The summed E-state index contributed by atoms with van der Waals surface area (Å²) in [5.41, 5.74) is 0.534. The lowest BCUT2D eigenvalue weighted by molar-refractivity contribution is -0.136. The van der Waals surface area contributed by atoms with Crippen LogP contribution in [-0.4, -0.2) is 56.0 Å². The highest BCUT2D eigenvalue weighted by Crippen LogP contribution is 2.27. The topological polar surface area (TPSA) is 59.1 Å². The first kappa shape index (κ1) is 21.6. The van der Waals surface area contributed by atoms with Gasteiger partial charge in [0.25, 0.3) is 5.91 Å². The molecule has 1 aromatic carbocycles. The van der Waals surface area contributed by atoms with Crippen LogP contribution in [0.5, 0.6) is 11.5 Å². The maximum absolute atomic E-state index is 12.9. The first-order valence-corrected chi connectivity index (χ1v) is 11.0. The van der Waals surface area contributed by atoms with Crippen LogP contribution >= 0.6 is 27.3 Å². The first-order valence-electron chi connectivity index (χ1n) is 9.42. The minimum Gasteiger partial charge on any atom is -0.497 e. The highest BCUT2D eigenvalue weighted by atomic mass is 79.9. The summed E-state index contributed by atoms with van der Waals surface area (Å²) in [6.07, 6.45) is 1.34. The van der Waals surface area contributed by atoms with Gasteiger partial charge in [-0.2, -0.15) is 0 Å². The molecule has 2 aromatic rings. The van der Waals surface area contributed by atoms with Crippen LogP contribution in [-0.2, 0) is 11.3 Å². The van der Waals surface area contributed by atoms with Gasteiger partial charge in [-0.05, 0) is 53.0 Å². The molecule has 1 aromatic heterocycles. The predicted octanol–water partition coefficient (Wildman–Crippen LogP) is 4.04. The molecule has 0 radical (unpaired) electrons. The van der Waals surface area contributed by atoms with Crippen molar-refractivity contribution in [2.75, 3.05) is 34.4 Å². The molecule has 2 amide bonds. The Morgan fingerprint density at radius 3 is 2.28 bits per heavy atom. The maximum atomic E-state index is 12.9. The third-order valence-electron chi connectivity index (χ3n) is 5.13. The van der Waals surface area contributed by atoms with Gasteiger partial charge < -0.3 is 19.3 Å². The number of piperidine rings is 1. The number of thiophene rings is 1. The Hall–Kier alpha value is -2.06. The van der Waals surface area contributed by atoms with Crippen molar-refractivity contribution < 1.29 is 19.1 Å². The van der Waals surface area contributed by atoms with Gasteiger partial charge >= 0.3 is 0 Å². The fraction of sp³-hybridized carbons (Fsp3) is 0.429. The first-order chi connectivity index (χ1) is 13.9. The number of methoxy groups -OCH3 is 2. The molecule has 0 spiro atoms. The van der Waals surface area contributed by atoms with Crippen LogP contribution in [0.4, 0.5) is 0 Å². The fourth-order valence-corrected chi connectivity index (χ4v) is 5.04. The summed E-state index contributed by atoms with van der Waals surface area (Å²) in [6.45, 7) is 1.73. The second kappa shape index (κ2) is 9.63. The second-order valence-corrected chi connectivity index (χ2v) is 9.62. The van der Waals surface area contributed by atoms with E-state index in [0.29, 0.717) is 49.5 Å². The van der Waals surface area contributed by atoms with Crippen molar-refractivity contribution in [3.05, 3.63) is 44.6 Å². The summed E-state index contributed by atoms with van der Waals surface area (Å²) in [4.78, 5) is 30.4. The van der Waals surface area contributed by atoms with Crippen LogP contribution in [0.25, 0.3) is 0 Å². The molecule has 1 fully saturated rings. The van der Waals surface area contributed by atoms with Gasteiger partial charge in [-0.15, -0.1) is 11.3 Å². The van der Waals surface area contributed by atoms with Crippen molar-refractivity contribution in [1.82, 2.24) is 9.80 Å². The molecule has 3 rings (SSSR count). The summed E-state index contributed by atoms with van der Waals surface area (Å²) in [7, 11) is 4.97. The zero-order chi connectivity index (χ0) is 21.0. The van der Waals surface area contributed by atoms with Gasteiger partial charge in [-0.3, -0.25) is 9.59 Å². The molecule has 0 aliphatic carbocycles. The van der Waals surface area contributed by atoms with Gasteiger partial charge in [0.2, 0.25) is 5.91 Å². The van der Waals surface area contributed by atoms with E-state index in [4.69, 9.17) is 9.47 Å². The second-order valence-electron chi connectivity index (χ2n) is 7.07.